The number of hydrogen-bond donors (Lipinski definition) is 1. The molecule has 3 rings (SSSR count). The zero-order valence-corrected chi connectivity index (χ0v) is 10.9. The Hall–Kier alpha value is -1.14. The second kappa shape index (κ2) is 4.20. The molecule has 2 atom stereocenters. The number of hydrogen-bond acceptors (Lipinski definition) is 4. The van der Waals surface area contributed by atoms with Gasteiger partial charge in [0.1, 0.15) is 4.90 Å². The molecule has 0 spiro atoms. The average molecular weight is 267 g/mol. The van der Waals surface area contributed by atoms with Gasteiger partial charge in [-0.15, -0.1) is 0 Å². The summed E-state index contributed by atoms with van der Waals surface area (Å²) in [6, 6.07) is 1.53. The van der Waals surface area contributed by atoms with Crippen LogP contribution in [0.25, 0.3) is 0 Å². The number of nitrogens with two attached hydrogens (primary N) is 1. The van der Waals surface area contributed by atoms with Gasteiger partial charge in [0.25, 0.3) is 0 Å². The lowest BCUT2D eigenvalue weighted by atomic mass is 10.0. The number of sulfonamides is 1. The fourth-order valence-electron chi connectivity index (χ4n) is 3.13. The van der Waals surface area contributed by atoms with E-state index in [4.69, 9.17) is 5.73 Å². The molecule has 2 aliphatic rings. The highest BCUT2D eigenvalue weighted by molar-refractivity contribution is 7.89. The van der Waals surface area contributed by atoms with Crippen molar-refractivity contribution in [3.8, 4) is 0 Å². The van der Waals surface area contributed by atoms with E-state index in [1.165, 1.54) is 24.9 Å². The van der Waals surface area contributed by atoms with Crippen molar-refractivity contribution in [2.24, 2.45) is 11.8 Å². The Morgan fingerprint density at radius 2 is 1.94 bits per heavy atom. The largest absolute Gasteiger partial charge is 0.398 e. The third kappa shape index (κ3) is 1.80. The topological polar surface area (TPSA) is 76.3 Å². The zero-order valence-electron chi connectivity index (χ0n) is 10.1. The van der Waals surface area contributed by atoms with E-state index in [9.17, 15) is 8.42 Å². The predicted molar refractivity (Wildman–Crippen MR) is 68.2 cm³/mol. The average Bonchev–Trinajstić information content (AvgIpc) is 2.89. The summed E-state index contributed by atoms with van der Waals surface area (Å²) in [5, 5.41) is 0. The highest BCUT2D eigenvalue weighted by Gasteiger charge is 2.41. The first-order valence-corrected chi connectivity index (χ1v) is 7.72. The lowest BCUT2D eigenvalue weighted by Crippen LogP contribution is -2.30. The lowest BCUT2D eigenvalue weighted by Gasteiger charge is -2.17. The summed E-state index contributed by atoms with van der Waals surface area (Å²) in [6.45, 7) is 1.28. The Bertz CT molecular complexity index is 546. The molecule has 18 heavy (non-hydrogen) atoms. The summed E-state index contributed by atoms with van der Waals surface area (Å²) < 4.78 is 26.6. The van der Waals surface area contributed by atoms with Crippen LogP contribution >= 0.6 is 0 Å². The molecule has 0 aromatic carbocycles. The third-order valence-corrected chi connectivity index (χ3v) is 6.00. The van der Waals surface area contributed by atoms with Crippen LogP contribution in [0.5, 0.6) is 0 Å². The summed E-state index contributed by atoms with van der Waals surface area (Å²) >= 11 is 0. The van der Waals surface area contributed by atoms with Gasteiger partial charge in [-0.2, -0.15) is 4.31 Å². The first kappa shape index (κ1) is 11.9. The number of fused-ring (bicyclic) bond motifs is 1. The molecule has 1 aliphatic carbocycles. The van der Waals surface area contributed by atoms with E-state index in [0.29, 0.717) is 24.9 Å². The number of aromatic nitrogens is 1. The number of rotatable bonds is 2. The third-order valence-electron chi connectivity index (χ3n) is 4.13. The van der Waals surface area contributed by atoms with Crippen molar-refractivity contribution in [1.29, 1.82) is 0 Å². The van der Waals surface area contributed by atoms with Crippen molar-refractivity contribution in [2.45, 2.75) is 24.2 Å². The summed E-state index contributed by atoms with van der Waals surface area (Å²) in [7, 11) is -3.47. The second-order valence-corrected chi connectivity index (χ2v) is 7.09. The van der Waals surface area contributed by atoms with Crippen LogP contribution in [0.1, 0.15) is 19.3 Å². The fourth-order valence-corrected chi connectivity index (χ4v) is 4.75. The Balaban J connectivity index is 1.90. The molecule has 0 bridgehead atoms. The van der Waals surface area contributed by atoms with Crippen molar-refractivity contribution in [3.63, 3.8) is 0 Å². The molecule has 1 aliphatic heterocycles. The standard InChI is InChI=1S/C12H17N3O2S/c13-11-4-5-14-6-12(11)18(16,17)15-7-9-2-1-3-10(9)8-15/h4-6,9-10H,1-3,7-8H2,(H2,13,14). The van der Waals surface area contributed by atoms with E-state index in [0.717, 1.165) is 12.8 Å². The minimum Gasteiger partial charge on any atom is -0.398 e. The van der Waals surface area contributed by atoms with E-state index in [1.807, 2.05) is 0 Å². The Kier molecular flexibility index (Phi) is 2.79. The van der Waals surface area contributed by atoms with Crippen LogP contribution in [0.4, 0.5) is 5.69 Å². The molecule has 0 amide bonds. The van der Waals surface area contributed by atoms with Crippen molar-refractivity contribution >= 4 is 15.7 Å². The molecule has 2 N–H and O–H groups in total. The van der Waals surface area contributed by atoms with Gasteiger partial charge in [0, 0.05) is 25.5 Å². The molecule has 1 aromatic heterocycles. The van der Waals surface area contributed by atoms with Crippen LogP contribution < -0.4 is 5.73 Å². The molecular weight excluding hydrogens is 250 g/mol. The number of anilines is 1. The predicted octanol–water partition coefficient (Wildman–Crippen LogP) is 1.08. The fraction of sp³-hybridized carbons (Fsp3) is 0.583. The van der Waals surface area contributed by atoms with Crippen molar-refractivity contribution in [2.75, 3.05) is 18.8 Å². The van der Waals surface area contributed by atoms with Crippen LogP contribution in [-0.2, 0) is 10.0 Å². The Morgan fingerprint density at radius 3 is 2.56 bits per heavy atom. The molecule has 2 unspecified atom stereocenters. The van der Waals surface area contributed by atoms with Crippen LogP contribution in [0.3, 0.4) is 0 Å². The normalized spacial score (nSPS) is 28.4. The minimum atomic E-state index is -3.47. The SMILES string of the molecule is Nc1ccncc1S(=O)(=O)N1CC2CCCC2C1. The Labute approximate surface area is 107 Å². The van der Waals surface area contributed by atoms with Crippen LogP contribution in [-0.4, -0.2) is 30.8 Å². The van der Waals surface area contributed by atoms with Gasteiger partial charge in [0.05, 0.1) is 5.69 Å². The molecule has 6 heteroatoms. The molecule has 1 saturated carbocycles. The summed E-state index contributed by atoms with van der Waals surface area (Å²) in [5.41, 5.74) is 6.02. The first-order chi connectivity index (χ1) is 8.59. The number of nitrogen functional groups attached to an aromatic ring is 1. The molecular formula is C12H17N3O2S. The van der Waals surface area contributed by atoms with Crippen molar-refractivity contribution in [1.82, 2.24) is 9.29 Å². The molecule has 98 valence electrons. The van der Waals surface area contributed by atoms with Gasteiger partial charge in [0.15, 0.2) is 0 Å². The molecule has 2 fully saturated rings. The van der Waals surface area contributed by atoms with Gasteiger partial charge in [-0.25, -0.2) is 8.42 Å². The van der Waals surface area contributed by atoms with Crippen LogP contribution in [0, 0.1) is 11.8 Å². The van der Waals surface area contributed by atoms with Gasteiger partial charge in [-0.1, -0.05) is 6.42 Å². The maximum atomic E-state index is 12.5. The van der Waals surface area contributed by atoms with E-state index in [2.05, 4.69) is 4.98 Å². The van der Waals surface area contributed by atoms with E-state index in [-0.39, 0.29) is 10.6 Å². The van der Waals surface area contributed by atoms with Crippen molar-refractivity contribution in [3.05, 3.63) is 18.5 Å². The maximum Gasteiger partial charge on any atom is 0.246 e. The van der Waals surface area contributed by atoms with E-state index in [1.54, 1.807) is 4.31 Å². The number of nitrogens with zero attached hydrogens (tertiary/aromatic N) is 2. The highest BCUT2D eigenvalue weighted by atomic mass is 32.2. The molecule has 0 radical (unpaired) electrons. The summed E-state index contributed by atoms with van der Waals surface area (Å²) in [6.07, 6.45) is 6.39. The lowest BCUT2D eigenvalue weighted by molar-refractivity contribution is 0.445. The first-order valence-electron chi connectivity index (χ1n) is 6.28. The number of pyridine rings is 1. The van der Waals surface area contributed by atoms with Crippen LogP contribution in [0.2, 0.25) is 0 Å². The van der Waals surface area contributed by atoms with E-state index < -0.39 is 10.0 Å². The van der Waals surface area contributed by atoms with Gasteiger partial charge in [0.2, 0.25) is 10.0 Å². The van der Waals surface area contributed by atoms with Gasteiger partial charge >= 0.3 is 0 Å². The van der Waals surface area contributed by atoms with E-state index >= 15 is 0 Å². The molecule has 2 heterocycles. The summed E-state index contributed by atoms with van der Waals surface area (Å²) in [5.74, 6) is 1.08. The second-order valence-electron chi connectivity index (χ2n) is 5.19. The monoisotopic (exact) mass is 267 g/mol. The minimum absolute atomic E-state index is 0.143. The van der Waals surface area contributed by atoms with Gasteiger partial charge in [-0.05, 0) is 30.7 Å². The summed E-state index contributed by atoms with van der Waals surface area (Å²) in [4.78, 5) is 4.01. The highest BCUT2D eigenvalue weighted by Crippen LogP contribution is 2.40. The van der Waals surface area contributed by atoms with Gasteiger partial charge < -0.3 is 5.73 Å². The zero-order chi connectivity index (χ0) is 12.8. The molecule has 1 aromatic rings. The molecule has 1 saturated heterocycles. The quantitative estimate of drug-likeness (QED) is 0.870. The maximum absolute atomic E-state index is 12.5. The van der Waals surface area contributed by atoms with Gasteiger partial charge in [-0.3, -0.25) is 4.98 Å². The molecule has 5 nitrogen and oxygen atoms in total. The van der Waals surface area contributed by atoms with Crippen molar-refractivity contribution < 1.29 is 8.42 Å². The Morgan fingerprint density at radius 1 is 1.28 bits per heavy atom. The smallest absolute Gasteiger partial charge is 0.246 e. The van der Waals surface area contributed by atoms with Crippen LogP contribution in [0.15, 0.2) is 23.4 Å².